The Morgan fingerprint density at radius 1 is 0.259 bits per heavy atom. The third-order valence-electron chi connectivity index (χ3n) is 12.0. The normalized spacial score (nSPS) is 11.5. The van der Waals surface area contributed by atoms with Gasteiger partial charge < -0.3 is 18.9 Å². The van der Waals surface area contributed by atoms with E-state index in [0.717, 1.165) is 96.7 Å². The zero-order chi connectivity index (χ0) is 41.1. The van der Waals surface area contributed by atoms with Crippen LogP contribution in [0.5, 0.6) is 23.0 Å². The van der Waals surface area contributed by atoms with Gasteiger partial charge in [0.15, 0.2) is 0 Å². The minimum absolute atomic E-state index is 0.720. The molecule has 4 nitrogen and oxygen atoms in total. The summed E-state index contributed by atoms with van der Waals surface area (Å²) in [4.78, 5) is 0. The van der Waals surface area contributed by atoms with E-state index in [1.807, 2.05) is 0 Å². The number of hydrogen-bond acceptors (Lipinski definition) is 4. The van der Waals surface area contributed by atoms with Crippen LogP contribution in [-0.2, 0) is 0 Å². The summed E-state index contributed by atoms with van der Waals surface area (Å²) in [7, 11) is 0. The third kappa shape index (κ3) is 21.1. The molecule has 0 atom stereocenters. The Balaban J connectivity index is 1.79. The number of hydrogen-bond donors (Lipinski definition) is 0. The molecule has 4 heteroatoms. The summed E-state index contributed by atoms with van der Waals surface area (Å²) in [6.07, 6.45) is 41.4. The molecule has 0 amide bonds. The van der Waals surface area contributed by atoms with E-state index in [2.05, 4.69) is 64.1 Å². The van der Waals surface area contributed by atoms with Gasteiger partial charge in [0, 0.05) is 21.5 Å². The van der Waals surface area contributed by atoms with E-state index in [9.17, 15) is 0 Å². The van der Waals surface area contributed by atoms with Gasteiger partial charge in [0.05, 0.1) is 26.4 Å². The fourth-order valence-corrected chi connectivity index (χ4v) is 8.27. The second-order valence-corrected chi connectivity index (χ2v) is 17.4. The molecule has 58 heavy (non-hydrogen) atoms. The van der Waals surface area contributed by atoms with E-state index in [4.69, 9.17) is 18.9 Å². The molecule has 330 valence electrons. The van der Waals surface area contributed by atoms with Crippen LogP contribution in [0.2, 0.25) is 0 Å². The van der Waals surface area contributed by atoms with Crippen LogP contribution in [0.1, 0.15) is 233 Å². The van der Waals surface area contributed by atoms with Crippen molar-refractivity contribution in [2.75, 3.05) is 26.4 Å². The number of ether oxygens (including phenoxy) is 4. The number of benzene rings is 3. The summed E-state index contributed by atoms with van der Waals surface area (Å²) in [6, 6.07) is 13.2. The first-order valence-corrected chi connectivity index (χ1v) is 25.3. The predicted octanol–water partition coefficient (Wildman–Crippen LogP) is 18.1. The Morgan fingerprint density at radius 3 is 0.776 bits per heavy atom. The second kappa shape index (κ2) is 34.1. The highest BCUT2D eigenvalue weighted by molar-refractivity contribution is 6.11. The number of rotatable bonds is 40. The number of fused-ring (bicyclic) bond motifs is 2. The van der Waals surface area contributed by atoms with E-state index in [1.165, 1.54) is 180 Å². The van der Waals surface area contributed by atoms with Crippen molar-refractivity contribution in [3.05, 3.63) is 36.4 Å². The lowest BCUT2D eigenvalue weighted by Gasteiger charge is -2.20. The largest absolute Gasteiger partial charge is 0.494 e. The van der Waals surface area contributed by atoms with Gasteiger partial charge in [0.2, 0.25) is 0 Å². The third-order valence-corrected chi connectivity index (χ3v) is 12.0. The lowest BCUT2D eigenvalue weighted by molar-refractivity contribution is 0.300. The summed E-state index contributed by atoms with van der Waals surface area (Å²) in [5, 5.41) is 4.41. The van der Waals surface area contributed by atoms with Crippen LogP contribution in [0.3, 0.4) is 0 Å². The topological polar surface area (TPSA) is 36.9 Å². The Labute approximate surface area is 358 Å². The zero-order valence-electron chi connectivity index (χ0n) is 38.6. The smallest absolute Gasteiger partial charge is 0.135 e. The van der Waals surface area contributed by atoms with Gasteiger partial charge in [-0.05, 0) is 62.1 Å². The van der Waals surface area contributed by atoms with Gasteiger partial charge in [0.25, 0.3) is 0 Å². The van der Waals surface area contributed by atoms with Crippen molar-refractivity contribution in [3.8, 4) is 23.0 Å². The highest BCUT2D eigenvalue weighted by Gasteiger charge is 2.19. The minimum Gasteiger partial charge on any atom is -0.494 e. The van der Waals surface area contributed by atoms with Crippen molar-refractivity contribution in [2.45, 2.75) is 233 Å². The molecule has 0 aliphatic carbocycles. The summed E-state index contributed by atoms with van der Waals surface area (Å²) in [5.41, 5.74) is 0. The van der Waals surface area contributed by atoms with Crippen LogP contribution in [0.25, 0.3) is 21.5 Å². The molecule has 3 aromatic rings. The van der Waals surface area contributed by atoms with E-state index in [1.54, 1.807) is 0 Å². The van der Waals surface area contributed by atoms with E-state index >= 15 is 0 Å². The van der Waals surface area contributed by atoms with E-state index < -0.39 is 0 Å². The maximum atomic E-state index is 6.83. The molecular weight excluding hydrogens is 713 g/mol. The number of unbranched alkanes of at least 4 members (excludes halogenated alkanes) is 28. The van der Waals surface area contributed by atoms with Crippen LogP contribution in [0.4, 0.5) is 0 Å². The molecule has 0 unspecified atom stereocenters. The molecule has 0 aromatic heterocycles. The second-order valence-electron chi connectivity index (χ2n) is 17.4. The Morgan fingerprint density at radius 2 is 0.500 bits per heavy atom. The highest BCUT2D eigenvalue weighted by atomic mass is 16.5. The maximum Gasteiger partial charge on any atom is 0.135 e. The summed E-state index contributed by atoms with van der Waals surface area (Å²) < 4.78 is 26.5. The zero-order valence-corrected chi connectivity index (χ0v) is 38.6. The molecular formula is C54H90O4. The first-order valence-electron chi connectivity index (χ1n) is 25.3. The van der Waals surface area contributed by atoms with Gasteiger partial charge in [-0.3, -0.25) is 0 Å². The average molecular weight is 803 g/mol. The predicted molar refractivity (Wildman–Crippen MR) is 254 cm³/mol. The van der Waals surface area contributed by atoms with Gasteiger partial charge >= 0.3 is 0 Å². The Hall–Kier alpha value is -2.62. The van der Waals surface area contributed by atoms with Gasteiger partial charge in [-0.1, -0.05) is 207 Å². The van der Waals surface area contributed by atoms with Gasteiger partial charge in [0.1, 0.15) is 23.0 Å². The monoisotopic (exact) mass is 803 g/mol. The van der Waals surface area contributed by atoms with Crippen LogP contribution in [0.15, 0.2) is 36.4 Å². The van der Waals surface area contributed by atoms with Crippen LogP contribution < -0.4 is 18.9 Å². The molecule has 3 rings (SSSR count). The Bertz CT molecular complexity index is 1310. The van der Waals surface area contributed by atoms with Gasteiger partial charge in [-0.25, -0.2) is 0 Å². The van der Waals surface area contributed by atoms with Crippen LogP contribution in [0, 0.1) is 0 Å². The van der Waals surface area contributed by atoms with Crippen molar-refractivity contribution in [2.24, 2.45) is 0 Å². The standard InChI is InChI=1S/C54H90O4/c1-5-9-13-17-21-25-29-33-41-55-47-37-39-49-51(45-47)53(57-43-35-31-27-23-19-15-11-7-3)50-40-38-48(56-42-34-30-26-22-18-14-10-6-2)46-52(50)54(49)58-44-36-32-28-24-20-16-12-8-4/h37-40,45-46H,5-36,41-44H2,1-4H3. The molecule has 0 bridgehead atoms. The SMILES string of the molecule is CCCCCCCCCCOc1ccc2c(OCCCCCCCCCC)c3cc(OCCCCCCCCCC)ccc3c(OCCCCCCCCCC)c2c1. The van der Waals surface area contributed by atoms with Gasteiger partial charge in [-0.15, -0.1) is 0 Å². The quantitative estimate of drug-likeness (QED) is 0.0424. The Kier molecular flexibility index (Phi) is 29.3. The highest BCUT2D eigenvalue weighted by Crippen LogP contribution is 2.45. The lowest BCUT2D eigenvalue weighted by atomic mass is 9.99. The van der Waals surface area contributed by atoms with Crippen molar-refractivity contribution in [3.63, 3.8) is 0 Å². The molecule has 0 saturated carbocycles. The molecule has 3 aromatic carbocycles. The average Bonchev–Trinajstić information content (AvgIpc) is 3.24. The molecule has 0 radical (unpaired) electrons. The summed E-state index contributed by atoms with van der Waals surface area (Å²) in [5.74, 6) is 3.76. The molecule has 0 fully saturated rings. The van der Waals surface area contributed by atoms with Crippen LogP contribution in [-0.4, -0.2) is 26.4 Å². The summed E-state index contributed by atoms with van der Waals surface area (Å²) in [6.45, 7) is 12.1. The fraction of sp³-hybridized carbons (Fsp3) is 0.741. The summed E-state index contributed by atoms with van der Waals surface area (Å²) >= 11 is 0. The fourth-order valence-electron chi connectivity index (χ4n) is 8.27. The first-order chi connectivity index (χ1) is 28.7. The maximum absolute atomic E-state index is 6.83. The first kappa shape index (κ1) is 49.7. The van der Waals surface area contributed by atoms with Crippen LogP contribution >= 0.6 is 0 Å². The molecule has 0 aliphatic heterocycles. The molecule has 0 saturated heterocycles. The molecule has 0 heterocycles. The van der Waals surface area contributed by atoms with Crippen molar-refractivity contribution in [1.82, 2.24) is 0 Å². The minimum atomic E-state index is 0.720. The molecule has 0 spiro atoms. The van der Waals surface area contributed by atoms with Crippen molar-refractivity contribution in [1.29, 1.82) is 0 Å². The van der Waals surface area contributed by atoms with E-state index in [0.29, 0.717) is 0 Å². The molecule has 0 N–H and O–H groups in total. The van der Waals surface area contributed by atoms with E-state index in [-0.39, 0.29) is 0 Å². The molecule has 0 aliphatic rings. The van der Waals surface area contributed by atoms with Crippen molar-refractivity contribution < 1.29 is 18.9 Å². The lowest BCUT2D eigenvalue weighted by Crippen LogP contribution is -2.04. The van der Waals surface area contributed by atoms with Crippen molar-refractivity contribution >= 4 is 21.5 Å². The van der Waals surface area contributed by atoms with Gasteiger partial charge in [-0.2, -0.15) is 0 Å².